The summed E-state index contributed by atoms with van der Waals surface area (Å²) in [6.07, 6.45) is 0. The summed E-state index contributed by atoms with van der Waals surface area (Å²) in [7, 11) is 0. The van der Waals surface area contributed by atoms with Crippen molar-refractivity contribution in [2.45, 2.75) is 0 Å². The minimum absolute atomic E-state index is 0.864. The molecule has 2 heterocycles. The van der Waals surface area contributed by atoms with Crippen LogP contribution in [0.1, 0.15) is 0 Å². The van der Waals surface area contributed by atoms with Gasteiger partial charge >= 0.3 is 0 Å². The smallest absolute Gasteiger partial charge is 0.143 e. The van der Waals surface area contributed by atoms with Gasteiger partial charge in [0.15, 0.2) is 0 Å². The molecule has 2 nitrogen and oxygen atoms in total. The molecule has 0 unspecified atom stereocenters. The molecule has 3 heteroatoms. The first-order chi connectivity index (χ1) is 27.3. The maximum atomic E-state index is 6.80. The third kappa shape index (κ3) is 5.32. The number of para-hydroxylation sites is 1. The fourth-order valence-corrected chi connectivity index (χ4v) is 9.39. The molecule has 11 aromatic rings. The highest BCUT2D eigenvalue weighted by atomic mass is 32.1. The number of hydrogen-bond acceptors (Lipinski definition) is 3. The van der Waals surface area contributed by atoms with Crippen LogP contribution in [0.25, 0.3) is 86.3 Å². The zero-order valence-corrected chi connectivity index (χ0v) is 30.6. The van der Waals surface area contributed by atoms with Crippen LogP contribution in [0.5, 0.6) is 0 Å². The fraction of sp³-hybridized carbons (Fsp3) is 0. The number of thiophene rings is 1. The Morgan fingerprint density at radius 3 is 1.75 bits per heavy atom. The molecule has 0 N–H and O–H groups in total. The highest BCUT2D eigenvalue weighted by Crippen LogP contribution is 2.46. The summed E-state index contributed by atoms with van der Waals surface area (Å²) >= 11 is 1.86. The fourth-order valence-electron chi connectivity index (χ4n) is 8.24. The molecule has 258 valence electrons. The molecule has 0 bridgehead atoms. The van der Waals surface area contributed by atoms with E-state index in [2.05, 4.69) is 205 Å². The Kier molecular flexibility index (Phi) is 7.39. The second kappa shape index (κ2) is 12.9. The van der Waals surface area contributed by atoms with Crippen LogP contribution < -0.4 is 4.90 Å². The highest BCUT2D eigenvalue weighted by molar-refractivity contribution is 7.25. The topological polar surface area (TPSA) is 16.4 Å². The van der Waals surface area contributed by atoms with Gasteiger partial charge in [-0.3, -0.25) is 0 Å². The lowest BCUT2D eigenvalue weighted by molar-refractivity contribution is 0.672. The van der Waals surface area contributed by atoms with Crippen molar-refractivity contribution in [1.82, 2.24) is 0 Å². The molecule has 2 aromatic heterocycles. The van der Waals surface area contributed by atoms with Gasteiger partial charge in [0, 0.05) is 42.3 Å². The lowest BCUT2D eigenvalue weighted by Crippen LogP contribution is -2.10. The van der Waals surface area contributed by atoms with Crippen molar-refractivity contribution >= 4 is 81.3 Å². The van der Waals surface area contributed by atoms with Crippen LogP contribution in [0, 0.1) is 0 Å². The average molecular weight is 720 g/mol. The Labute approximate surface area is 322 Å². The zero-order valence-electron chi connectivity index (χ0n) is 29.8. The Bertz CT molecular complexity index is 3180. The van der Waals surface area contributed by atoms with Gasteiger partial charge in [-0.15, -0.1) is 11.3 Å². The largest absolute Gasteiger partial charge is 0.455 e. The van der Waals surface area contributed by atoms with Crippen molar-refractivity contribution in [2.24, 2.45) is 0 Å². The van der Waals surface area contributed by atoms with Crippen LogP contribution in [0.15, 0.2) is 205 Å². The Balaban J connectivity index is 1.06. The van der Waals surface area contributed by atoms with E-state index in [1.54, 1.807) is 0 Å². The van der Waals surface area contributed by atoms with Gasteiger partial charge in [0.1, 0.15) is 11.2 Å². The molecule has 9 aromatic carbocycles. The predicted molar refractivity (Wildman–Crippen MR) is 235 cm³/mol. The molecule has 0 spiro atoms. The lowest BCUT2D eigenvalue weighted by atomic mass is 9.93. The monoisotopic (exact) mass is 719 g/mol. The average Bonchev–Trinajstić information content (AvgIpc) is 3.83. The van der Waals surface area contributed by atoms with Crippen molar-refractivity contribution in [2.75, 3.05) is 4.90 Å². The molecule has 0 saturated heterocycles. The van der Waals surface area contributed by atoms with E-state index in [0.717, 1.165) is 44.4 Å². The van der Waals surface area contributed by atoms with E-state index in [1.807, 2.05) is 11.3 Å². The minimum atomic E-state index is 0.864. The second-order valence-electron chi connectivity index (χ2n) is 14.1. The minimum Gasteiger partial charge on any atom is -0.455 e. The van der Waals surface area contributed by atoms with Crippen molar-refractivity contribution in [3.63, 3.8) is 0 Å². The number of fused-ring (bicyclic) bond motifs is 8. The van der Waals surface area contributed by atoms with Crippen molar-refractivity contribution < 1.29 is 4.42 Å². The van der Waals surface area contributed by atoms with Gasteiger partial charge in [0.2, 0.25) is 0 Å². The lowest BCUT2D eigenvalue weighted by Gasteiger charge is -2.26. The maximum Gasteiger partial charge on any atom is 0.143 e. The molecule has 0 aliphatic carbocycles. The third-order valence-corrected chi connectivity index (χ3v) is 12.0. The molecule has 0 radical (unpaired) electrons. The number of furan rings is 1. The summed E-state index contributed by atoms with van der Waals surface area (Å²) in [5, 5.41) is 7.12. The molecule has 0 saturated carbocycles. The van der Waals surface area contributed by atoms with Crippen LogP contribution in [0.4, 0.5) is 17.1 Å². The first kappa shape index (κ1) is 31.6. The van der Waals surface area contributed by atoms with Crippen molar-refractivity contribution in [1.29, 1.82) is 0 Å². The third-order valence-electron chi connectivity index (χ3n) is 10.9. The van der Waals surface area contributed by atoms with Gasteiger partial charge in [-0.05, 0) is 93.4 Å². The van der Waals surface area contributed by atoms with Crippen LogP contribution in [-0.2, 0) is 0 Å². The van der Waals surface area contributed by atoms with Gasteiger partial charge in [-0.25, -0.2) is 0 Å². The van der Waals surface area contributed by atoms with Gasteiger partial charge in [-0.2, -0.15) is 0 Å². The van der Waals surface area contributed by atoms with Crippen LogP contribution >= 0.6 is 11.3 Å². The van der Waals surface area contributed by atoms with E-state index in [4.69, 9.17) is 4.42 Å². The Hall–Kier alpha value is -6.94. The normalized spacial score (nSPS) is 11.6. The number of nitrogens with zero attached hydrogens (tertiary/aromatic N) is 1. The molecule has 0 aliphatic heterocycles. The SMILES string of the molecule is c1ccc(-c2ccc(N(c3ccccc3)c3cccc4oc5c6ccccc6c(-c6ccc(-c7ccc8c(c7)sc7ccccc78)cc6)cc5c34)cc2)cc1. The van der Waals surface area contributed by atoms with E-state index in [9.17, 15) is 0 Å². The van der Waals surface area contributed by atoms with Crippen molar-refractivity contribution in [3.05, 3.63) is 200 Å². The van der Waals surface area contributed by atoms with E-state index < -0.39 is 0 Å². The first-order valence-electron chi connectivity index (χ1n) is 18.7. The number of rotatable bonds is 6. The number of benzene rings is 9. The summed E-state index contributed by atoms with van der Waals surface area (Å²) < 4.78 is 9.45. The summed E-state index contributed by atoms with van der Waals surface area (Å²) in [6.45, 7) is 0. The quantitative estimate of drug-likeness (QED) is 0.170. The summed E-state index contributed by atoms with van der Waals surface area (Å²) in [4.78, 5) is 2.35. The van der Waals surface area contributed by atoms with E-state index >= 15 is 0 Å². The second-order valence-corrected chi connectivity index (χ2v) is 15.2. The molecule has 11 rings (SSSR count). The zero-order chi connectivity index (χ0) is 36.3. The molecule has 55 heavy (non-hydrogen) atoms. The molecule has 0 amide bonds. The maximum absolute atomic E-state index is 6.80. The highest BCUT2D eigenvalue weighted by Gasteiger charge is 2.22. The van der Waals surface area contributed by atoms with Crippen molar-refractivity contribution in [3.8, 4) is 33.4 Å². The number of hydrogen-bond donors (Lipinski definition) is 0. The molecule has 0 atom stereocenters. The Morgan fingerprint density at radius 1 is 0.364 bits per heavy atom. The van der Waals surface area contributed by atoms with E-state index in [-0.39, 0.29) is 0 Å². The molecular weight excluding hydrogens is 687 g/mol. The first-order valence-corrected chi connectivity index (χ1v) is 19.5. The standard InChI is InChI=1S/C52H33NOS/c1-3-12-34(13-4-1)35-26-29-40(30-27-35)53(39-14-5-2-6-15-39)47-19-11-20-48-51(47)46-33-45(41-16-7-8-18-44(41)52(46)54-48)37-24-22-36(23-25-37)38-28-31-43-42-17-9-10-21-49(42)55-50(43)32-38/h1-33H. The molecule has 0 aliphatic rings. The summed E-state index contributed by atoms with van der Waals surface area (Å²) in [5.74, 6) is 0. The van der Waals surface area contributed by atoms with Gasteiger partial charge in [0.25, 0.3) is 0 Å². The van der Waals surface area contributed by atoms with E-state index in [1.165, 1.54) is 58.9 Å². The van der Waals surface area contributed by atoms with Crippen LogP contribution in [0.3, 0.4) is 0 Å². The molecule has 0 fully saturated rings. The van der Waals surface area contributed by atoms with E-state index in [0.29, 0.717) is 0 Å². The van der Waals surface area contributed by atoms with Gasteiger partial charge in [-0.1, -0.05) is 146 Å². The number of anilines is 3. The van der Waals surface area contributed by atoms with Crippen LogP contribution in [-0.4, -0.2) is 0 Å². The Morgan fingerprint density at radius 2 is 0.945 bits per heavy atom. The summed E-state index contributed by atoms with van der Waals surface area (Å²) in [6, 6.07) is 72.0. The van der Waals surface area contributed by atoms with Gasteiger partial charge in [0.05, 0.1) is 11.1 Å². The summed E-state index contributed by atoms with van der Waals surface area (Å²) in [5.41, 5.74) is 12.2. The predicted octanol–water partition coefficient (Wildman–Crippen LogP) is 15.6. The van der Waals surface area contributed by atoms with Gasteiger partial charge < -0.3 is 9.32 Å². The molecular formula is C52H33NOS. The van der Waals surface area contributed by atoms with Crippen LogP contribution in [0.2, 0.25) is 0 Å².